The molecule has 0 saturated carbocycles. The second-order valence-corrected chi connectivity index (χ2v) is 5.31. The lowest BCUT2D eigenvalue weighted by molar-refractivity contribution is 0.178. The smallest absolute Gasteiger partial charge is 0.158 e. The number of hydrazine groups is 1. The fourth-order valence-electron chi connectivity index (χ4n) is 2.50. The van der Waals surface area contributed by atoms with Crippen molar-refractivity contribution in [2.45, 2.75) is 25.5 Å². The monoisotopic (exact) mass is 280 g/mol. The van der Waals surface area contributed by atoms with Crippen LogP contribution in [0, 0.1) is 0 Å². The molecule has 0 aliphatic carbocycles. The molecule has 2 rings (SSSR count). The van der Waals surface area contributed by atoms with Gasteiger partial charge in [0.1, 0.15) is 18.2 Å². The number of methoxy groups -OCH3 is 1. The van der Waals surface area contributed by atoms with Gasteiger partial charge in [-0.2, -0.15) is 0 Å². The van der Waals surface area contributed by atoms with E-state index in [4.69, 9.17) is 10.6 Å². The number of likely N-dealkylation sites (N-methyl/N-ethyl adjacent to an activating group) is 1. The van der Waals surface area contributed by atoms with Crippen molar-refractivity contribution in [1.82, 2.24) is 14.9 Å². The average Bonchev–Trinajstić information content (AvgIpc) is 2.47. The maximum atomic E-state index is 5.48. The van der Waals surface area contributed by atoms with Crippen LogP contribution in [0.1, 0.15) is 18.7 Å². The van der Waals surface area contributed by atoms with Gasteiger partial charge in [0, 0.05) is 32.3 Å². The summed E-state index contributed by atoms with van der Waals surface area (Å²) in [5.74, 6) is 7.65. The fraction of sp³-hybridized carbons (Fsp3) is 0.692. The van der Waals surface area contributed by atoms with Gasteiger partial charge in [0.15, 0.2) is 5.82 Å². The molecule has 3 N–H and O–H groups in total. The SMILES string of the molecule is COCc1nc(NN)cc(N2CCCC(N(C)C)C2)n1. The van der Waals surface area contributed by atoms with Crippen molar-refractivity contribution in [2.24, 2.45) is 5.84 Å². The van der Waals surface area contributed by atoms with Crippen LogP contribution in [-0.4, -0.2) is 55.2 Å². The molecular formula is C13H24N6O. The van der Waals surface area contributed by atoms with E-state index in [2.05, 4.69) is 39.3 Å². The van der Waals surface area contributed by atoms with Crippen LogP contribution in [0.2, 0.25) is 0 Å². The average molecular weight is 280 g/mol. The molecule has 1 saturated heterocycles. The maximum absolute atomic E-state index is 5.48. The Kier molecular flexibility index (Phi) is 5.11. The minimum absolute atomic E-state index is 0.382. The third kappa shape index (κ3) is 3.56. The first-order valence-electron chi connectivity index (χ1n) is 6.89. The number of hydrogen-bond acceptors (Lipinski definition) is 7. The molecule has 0 radical (unpaired) electrons. The Bertz CT molecular complexity index is 439. The van der Waals surface area contributed by atoms with Crippen LogP contribution in [0.25, 0.3) is 0 Å². The zero-order valence-corrected chi connectivity index (χ0v) is 12.5. The normalized spacial score (nSPS) is 19.4. The second kappa shape index (κ2) is 6.83. The molecule has 0 aromatic carbocycles. The topological polar surface area (TPSA) is 79.5 Å². The van der Waals surface area contributed by atoms with Crippen LogP contribution in [0.4, 0.5) is 11.6 Å². The molecule has 112 valence electrons. The lowest BCUT2D eigenvalue weighted by atomic mass is 10.1. The van der Waals surface area contributed by atoms with Crippen molar-refractivity contribution in [2.75, 3.05) is 44.6 Å². The maximum Gasteiger partial charge on any atom is 0.158 e. The van der Waals surface area contributed by atoms with Gasteiger partial charge in [-0.3, -0.25) is 0 Å². The zero-order chi connectivity index (χ0) is 14.5. The summed E-state index contributed by atoms with van der Waals surface area (Å²) in [6.45, 7) is 2.37. The van der Waals surface area contributed by atoms with Crippen LogP contribution < -0.4 is 16.2 Å². The first-order chi connectivity index (χ1) is 9.63. The highest BCUT2D eigenvalue weighted by atomic mass is 16.5. The lowest BCUT2D eigenvalue weighted by Gasteiger charge is -2.36. The molecule has 20 heavy (non-hydrogen) atoms. The lowest BCUT2D eigenvalue weighted by Crippen LogP contribution is -2.45. The standard InChI is InChI=1S/C13H24N6O/c1-18(2)10-5-4-6-19(8-10)13-7-11(17-14)15-12(16-13)9-20-3/h7,10H,4-6,8-9,14H2,1-3H3,(H,15,16,17). The number of hydrogen-bond donors (Lipinski definition) is 2. The van der Waals surface area contributed by atoms with Crippen LogP contribution >= 0.6 is 0 Å². The summed E-state index contributed by atoms with van der Waals surface area (Å²) in [7, 11) is 5.88. The van der Waals surface area contributed by atoms with Crippen molar-refractivity contribution in [3.05, 3.63) is 11.9 Å². The largest absolute Gasteiger partial charge is 0.377 e. The van der Waals surface area contributed by atoms with E-state index < -0.39 is 0 Å². The van der Waals surface area contributed by atoms with Gasteiger partial charge in [-0.25, -0.2) is 15.8 Å². The number of ether oxygens (including phenoxy) is 1. The van der Waals surface area contributed by atoms with Crippen molar-refractivity contribution < 1.29 is 4.74 Å². The quantitative estimate of drug-likeness (QED) is 0.598. The Labute approximate surface area is 120 Å². The summed E-state index contributed by atoms with van der Waals surface area (Å²) >= 11 is 0. The molecule has 1 aliphatic rings. The van der Waals surface area contributed by atoms with Gasteiger partial charge < -0.3 is 20.0 Å². The zero-order valence-electron chi connectivity index (χ0n) is 12.5. The summed E-state index contributed by atoms with van der Waals surface area (Å²) < 4.78 is 5.11. The highest BCUT2D eigenvalue weighted by Gasteiger charge is 2.23. The highest BCUT2D eigenvalue weighted by molar-refractivity contribution is 5.49. The van der Waals surface area contributed by atoms with E-state index in [-0.39, 0.29) is 0 Å². The molecule has 0 spiro atoms. The van der Waals surface area contributed by atoms with Crippen molar-refractivity contribution in [1.29, 1.82) is 0 Å². The highest BCUT2D eigenvalue weighted by Crippen LogP contribution is 2.22. The first-order valence-corrected chi connectivity index (χ1v) is 6.89. The molecule has 1 atom stereocenters. The molecule has 1 fully saturated rings. The third-order valence-corrected chi connectivity index (χ3v) is 3.63. The van der Waals surface area contributed by atoms with E-state index in [9.17, 15) is 0 Å². The molecule has 1 aliphatic heterocycles. The van der Waals surface area contributed by atoms with Crippen LogP contribution in [0.5, 0.6) is 0 Å². The Morgan fingerprint density at radius 1 is 1.50 bits per heavy atom. The van der Waals surface area contributed by atoms with E-state index in [1.165, 1.54) is 6.42 Å². The summed E-state index contributed by atoms with van der Waals surface area (Å²) in [6, 6.07) is 2.44. The van der Waals surface area contributed by atoms with Crippen molar-refractivity contribution >= 4 is 11.6 Å². The Morgan fingerprint density at radius 2 is 2.30 bits per heavy atom. The predicted molar refractivity (Wildman–Crippen MR) is 79.5 cm³/mol. The molecule has 7 heteroatoms. The van der Waals surface area contributed by atoms with E-state index in [1.807, 2.05) is 6.07 Å². The molecule has 1 aromatic rings. The van der Waals surface area contributed by atoms with Gasteiger partial charge >= 0.3 is 0 Å². The second-order valence-electron chi connectivity index (χ2n) is 5.31. The predicted octanol–water partition coefficient (Wildman–Crippen LogP) is 0.439. The van der Waals surface area contributed by atoms with Crippen molar-refractivity contribution in [3.8, 4) is 0 Å². The minimum Gasteiger partial charge on any atom is -0.377 e. The third-order valence-electron chi connectivity index (χ3n) is 3.63. The number of aromatic nitrogens is 2. The summed E-state index contributed by atoms with van der Waals surface area (Å²) in [6.07, 6.45) is 2.39. The number of nitrogens with zero attached hydrogens (tertiary/aromatic N) is 4. The van der Waals surface area contributed by atoms with E-state index in [0.717, 1.165) is 25.3 Å². The van der Waals surface area contributed by atoms with Crippen molar-refractivity contribution in [3.63, 3.8) is 0 Å². The molecule has 0 amide bonds. The summed E-state index contributed by atoms with van der Waals surface area (Å²) in [4.78, 5) is 13.4. The number of rotatable bonds is 5. The fourth-order valence-corrected chi connectivity index (χ4v) is 2.50. The summed E-state index contributed by atoms with van der Waals surface area (Å²) in [5.41, 5.74) is 2.60. The molecular weight excluding hydrogens is 256 g/mol. The van der Waals surface area contributed by atoms with E-state index in [0.29, 0.717) is 24.3 Å². The Morgan fingerprint density at radius 3 is 2.95 bits per heavy atom. The molecule has 1 unspecified atom stereocenters. The molecule has 2 heterocycles. The van der Waals surface area contributed by atoms with Gasteiger partial charge in [-0.05, 0) is 26.9 Å². The number of piperidine rings is 1. The minimum atomic E-state index is 0.382. The summed E-state index contributed by atoms with van der Waals surface area (Å²) in [5, 5.41) is 0. The number of anilines is 2. The van der Waals surface area contributed by atoms with E-state index in [1.54, 1.807) is 7.11 Å². The molecule has 7 nitrogen and oxygen atoms in total. The van der Waals surface area contributed by atoms with Crippen LogP contribution in [0.3, 0.4) is 0 Å². The van der Waals surface area contributed by atoms with Gasteiger partial charge in [0.05, 0.1) is 0 Å². The van der Waals surface area contributed by atoms with Gasteiger partial charge in [0.25, 0.3) is 0 Å². The molecule has 0 bridgehead atoms. The van der Waals surface area contributed by atoms with Crippen LogP contribution in [0.15, 0.2) is 6.07 Å². The Hall–Kier alpha value is -1.44. The number of nitrogens with one attached hydrogen (secondary N) is 1. The van der Waals surface area contributed by atoms with Gasteiger partial charge in [-0.15, -0.1) is 0 Å². The van der Waals surface area contributed by atoms with Gasteiger partial charge in [0.2, 0.25) is 0 Å². The number of nitrogen functional groups attached to an aromatic ring is 1. The molecule has 1 aromatic heterocycles. The number of nitrogens with two attached hydrogens (primary N) is 1. The van der Waals surface area contributed by atoms with E-state index >= 15 is 0 Å². The van der Waals surface area contributed by atoms with Crippen LogP contribution in [-0.2, 0) is 11.3 Å². The Balaban J connectivity index is 2.19. The first kappa shape index (κ1) is 15.0. The van der Waals surface area contributed by atoms with Gasteiger partial charge in [-0.1, -0.05) is 0 Å².